The number of carbonyl (C=O) groups is 2. The van der Waals surface area contributed by atoms with Crippen LogP contribution in [0.4, 0.5) is 5.69 Å². The number of thioether (sulfide) groups is 1. The second-order valence-electron chi connectivity index (χ2n) is 4.47. The molecule has 0 fully saturated rings. The van der Waals surface area contributed by atoms with Gasteiger partial charge in [0.15, 0.2) is 0 Å². The van der Waals surface area contributed by atoms with Gasteiger partial charge in [0.2, 0.25) is 5.91 Å². The quantitative estimate of drug-likeness (QED) is 0.798. The van der Waals surface area contributed by atoms with Crippen molar-refractivity contribution >= 4 is 29.3 Å². The second kappa shape index (κ2) is 7.91. The lowest BCUT2D eigenvalue weighted by molar-refractivity contribution is -0.140. The molecule has 0 radical (unpaired) electrons. The van der Waals surface area contributed by atoms with Gasteiger partial charge in [-0.1, -0.05) is 18.2 Å². The number of benzene rings is 1. The zero-order valence-electron chi connectivity index (χ0n) is 11.7. The molecule has 20 heavy (non-hydrogen) atoms. The fourth-order valence-electron chi connectivity index (χ4n) is 1.86. The Kier molecular flexibility index (Phi) is 6.54. The van der Waals surface area contributed by atoms with Gasteiger partial charge in [0.05, 0.1) is 6.04 Å². The van der Waals surface area contributed by atoms with Gasteiger partial charge in [-0.15, -0.1) is 0 Å². The van der Waals surface area contributed by atoms with Gasteiger partial charge in [-0.05, 0) is 37.5 Å². The highest BCUT2D eigenvalue weighted by molar-refractivity contribution is 7.98. The molecule has 1 aromatic rings. The highest BCUT2D eigenvalue weighted by atomic mass is 32.2. The van der Waals surface area contributed by atoms with Crippen LogP contribution in [0.3, 0.4) is 0 Å². The van der Waals surface area contributed by atoms with Crippen LogP contribution in [-0.2, 0) is 9.59 Å². The predicted molar refractivity (Wildman–Crippen MR) is 82.0 cm³/mol. The Labute approximate surface area is 123 Å². The minimum absolute atomic E-state index is 0.379. The van der Waals surface area contributed by atoms with E-state index in [1.807, 2.05) is 12.3 Å². The number of hydrogen-bond acceptors (Lipinski definition) is 4. The van der Waals surface area contributed by atoms with Crippen LogP contribution in [-0.4, -0.2) is 41.1 Å². The smallest absolute Gasteiger partial charge is 0.326 e. The summed E-state index contributed by atoms with van der Waals surface area (Å²) in [6.45, 7) is 1.56. The number of anilines is 1. The first kappa shape index (κ1) is 16.5. The Balaban J connectivity index is 3.14. The van der Waals surface area contributed by atoms with Gasteiger partial charge in [-0.2, -0.15) is 11.8 Å². The predicted octanol–water partition coefficient (Wildman–Crippen LogP) is 1.57. The molecule has 1 amide bonds. The molecule has 6 heteroatoms. The Morgan fingerprint density at radius 1 is 1.35 bits per heavy atom. The van der Waals surface area contributed by atoms with Crippen molar-refractivity contribution in [2.24, 2.45) is 5.73 Å². The molecule has 3 N–H and O–H groups in total. The first-order valence-electron chi connectivity index (χ1n) is 6.34. The average molecular weight is 296 g/mol. The van der Waals surface area contributed by atoms with E-state index in [9.17, 15) is 14.7 Å². The topological polar surface area (TPSA) is 83.6 Å². The number of amides is 1. The highest BCUT2D eigenvalue weighted by Crippen LogP contribution is 2.20. The molecule has 0 saturated carbocycles. The van der Waals surface area contributed by atoms with Crippen LogP contribution < -0.4 is 10.6 Å². The molecule has 5 nitrogen and oxygen atoms in total. The summed E-state index contributed by atoms with van der Waals surface area (Å²) in [7, 11) is 0. The van der Waals surface area contributed by atoms with E-state index in [1.165, 1.54) is 4.90 Å². The third-order valence-electron chi connectivity index (χ3n) is 2.85. The third kappa shape index (κ3) is 4.25. The van der Waals surface area contributed by atoms with Crippen molar-refractivity contribution in [3.63, 3.8) is 0 Å². The average Bonchev–Trinajstić information content (AvgIpc) is 2.43. The summed E-state index contributed by atoms with van der Waals surface area (Å²) in [5.41, 5.74) is 6.21. The van der Waals surface area contributed by atoms with Crippen molar-refractivity contribution in [3.05, 3.63) is 30.3 Å². The fourth-order valence-corrected chi connectivity index (χ4v) is 2.32. The van der Waals surface area contributed by atoms with Crippen molar-refractivity contribution in [1.82, 2.24) is 0 Å². The summed E-state index contributed by atoms with van der Waals surface area (Å²) >= 11 is 1.55. The van der Waals surface area contributed by atoms with E-state index in [-0.39, 0.29) is 5.91 Å². The number of aliphatic carboxylic acids is 1. The third-order valence-corrected chi connectivity index (χ3v) is 3.50. The molecule has 0 aliphatic rings. The van der Waals surface area contributed by atoms with Crippen LogP contribution in [0.1, 0.15) is 13.3 Å². The van der Waals surface area contributed by atoms with E-state index < -0.39 is 18.1 Å². The summed E-state index contributed by atoms with van der Waals surface area (Å²) in [6.07, 6.45) is 2.28. The lowest BCUT2D eigenvalue weighted by Crippen LogP contribution is -2.51. The molecule has 1 rings (SSSR count). The van der Waals surface area contributed by atoms with Crippen LogP contribution in [0.2, 0.25) is 0 Å². The molecular weight excluding hydrogens is 276 g/mol. The summed E-state index contributed by atoms with van der Waals surface area (Å²) in [4.78, 5) is 25.1. The number of nitrogens with zero attached hydrogens (tertiary/aromatic N) is 1. The maximum atomic E-state index is 12.3. The van der Waals surface area contributed by atoms with Crippen LogP contribution in [0.25, 0.3) is 0 Å². The Bertz CT molecular complexity index is 451. The van der Waals surface area contributed by atoms with E-state index >= 15 is 0 Å². The number of hydrogen-bond donors (Lipinski definition) is 2. The monoisotopic (exact) mass is 296 g/mol. The fraction of sp³-hybridized carbons (Fsp3) is 0.429. The second-order valence-corrected chi connectivity index (χ2v) is 5.45. The normalized spacial score (nSPS) is 13.6. The minimum atomic E-state index is -1.02. The van der Waals surface area contributed by atoms with Crippen molar-refractivity contribution in [2.45, 2.75) is 25.4 Å². The van der Waals surface area contributed by atoms with Gasteiger partial charge < -0.3 is 10.8 Å². The van der Waals surface area contributed by atoms with Gasteiger partial charge in [0, 0.05) is 5.69 Å². The molecule has 0 aliphatic carbocycles. The van der Waals surface area contributed by atoms with Gasteiger partial charge in [-0.25, -0.2) is 4.79 Å². The summed E-state index contributed by atoms with van der Waals surface area (Å²) < 4.78 is 0. The largest absolute Gasteiger partial charge is 0.480 e. The highest BCUT2D eigenvalue weighted by Gasteiger charge is 2.31. The van der Waals surface area contributed by atoms with Crippen LogP contribution in [0.5, 0.6) is 0 Å². The Morgan fingerprint density at radius 2 is 1.95 bits per heavy atom. The van der Waals surface area contributed by atoms with Gasteiger partial charge in [0.1, 0.15) is 6.04 Å². The number of nitrogens with two attached hydrogens (primary N) is 1. The molecule has 0 spiro atoms. The van der Waals surface area contributed by atoms with Crippen molar-refractivity contribution < 1.29 is 14.7 Å². The molecular formula is C14H20N2O3S. The first-order valence-corrected chi connectivity index (χ1v) is 7.74. The standard InChI is InChI=1S/C14H20N2O3S/c1-10(15)13(17)16(11-6-4-3-5-7-11)12(14(18)19)8-9-20-2/h3-7,10,12H,8-9,15H2,1-2H3,(H,18,19). The molecule has 0 heterocycles. The number of carboxylic acid groups (broad SMARTS) is 1. The summed E-state index contributed by atoms with van der Waals surface area (Å²) in [6, 6.07) is 7.14. The molecule has 2 atom stereocenters. The molecule has 0 bridgehead atoms. The van der Waals surface area contributed by atoms with Crippen LogP contribution in [0.15, 0.2) is 30.3 Å². The maximum absolute atomic E-state index is 12.3. The Hall–Kier alpha value is -1.53. The number of carboxylic acids is 1. The SMILES string of the molecule is CSCCC(C(=O)O)N(C(=O)C(C)N)c1ccccc1. The lowest BCUT2D eigenvalue weighted by atomic mass is 10.1. The van der Waals surface area contributed by atoms with E-state index in [0.717, 1.165) is 0 Å². The van der Waals surface area contributed by atoms with Crippen LogP contribution in [0, 0.1) is 0 Å². The van der Waals surface area contributed by atoms with Crippen molar-refractivity contribution in [1.29, 1.82) is 0 Å². The molecule has 110 valence electrons. The van der Waals surface area contributed by atoms with Gasteiger partial charge in [0.25, 0.3) is 0 Å². The van der Waals surface area contributed by atoms with E-state index in [1.54, 1.807) is 43.0 Å². The molecule has 1 aromatic carbocycles. The van der Waals surface area contributed by atoms with Crippen molar-refractivity contribution in [2.75, 3.05) is 16.9 Å². The molecule has 2 unspecified atom stereocenters. The molecule has 0 saturated heterocycles. The minimum Gasteiger partial charge on any atom is -0.480 e. The zero-order chi connectivity index (χ0) is 15.1. The summed E-state index contributed by atoms with van der Waals surface area (Å²) in [5.74, 6) is -0.742. The first-order chi connectivity index (χ1) is 9.49. The zero-order valence-corrected chi connectivity index (χ0v) is 12.5. The lowest BCUT2D eigenvalue weighted by Gasteiger charge is -2.30. The van der Waals surface area contributed by atoms with Crippen molar-refractivity contribution in [3.8, 4) is 0 Å². The van der Waals surface area contributed by atoms with Gasteiger partial charge in [-0.3, -0.25) is 9.69 Å². The summed E-state index contributed by atoms with van der Waals surface area (Å²) in [5, 5.41) is 9.42. The van der Waals surface area contributed by atoms with Gasteiger partial charge >= 0.3 is 5.97 Å². The molecule has 0 aromatic heterocycles. The van der Waals surface area contributed by atoms with E-state index in [0.29, 0.717) is 17.9 Å². The number of carbonyl (C=O) groups excluding carboxylic acids is 1. The number of para-hydroxylation sites is 1. The maximum Gasteiger partial charge on any atom is 0.326 e. The molecule has 0 aliphatic heterocycles. The Morgan fingerprint density at radius 3 is 2.40 bits per heavy atom. The number of rotatable bonds is 7. The van der Waals surface area contributed by atoms with E-state index in [2.05, 4.69) is 0 Å². The van der Waals surface area contributed by atoms with Crippen LogP contribution >= 0.6 is 11.8 Å². The van der Waals surface area contributed by atoms with E-state index in [4.69, 9.17) is 5.73 Å².